The van der Waals surface area contributed by atoms with Crippen LogP contribution in [0.5, 0.6) is 0 Å². The van der Waals surface area contributed by atoms with Gasteiger partial charge in [0.1, 0.15) is 17.0 Å². The van der Waals surface area contributed by atoms with Crippen molar-refractivity contribution in [1.29, 1.82) is 0 Å². The van der Waals surface area contributed by atoms with Gasteiger partial charge in [0.15, 0.2) is 5.58 Å². The summed E-state index contributed by atoms with van der Waals surface area (Å²) in [6.07, 6.45) is 7.74. The van der Waals surface area contributed by atoms with E-state index in [1.54, 1.807) is 4.90 Å². The monoisotopic (exact) mass is 413 g/mol. The van der Waals surface area contributed by atoms with E-state index in [0.717, 1.165) is 43.4 Å². The van der Waals surface area contributed by atoms with E-state index in [1.165, 1.54) is 12.8 Å². The van der Waals surface area contributed by atoms with Crippen molar-refractivity contribution in [2.75, 3.05) is 6.54 Å². The second kappa shape index (κ2) is 8.12. The molecule has 1 aliphatic heterocycles. The first-order chi connectivity index (χ1) is 14.3. The Morgan fingerprint density at radius 1 is 1.23 bits per heavy atom. The molecule has 0 bridgehead atoms. The molecule has 4 rings (SSSR count). The molecule has 164 valence electrons. The second-order valence-electron chi connectivity index (χ2n) is 9.80. The fourth-order valence-corrected chi connectivity index (χ4v) is 4.96. The Morgan fingerprint density at radius 2 is 1.93 bits per heavy atom. The van der Waals surface area contributed by atoms with Crippen molar-refractivity contribution in [3.05, 3.63) is 23.6 Å². The van der Waals surface area contributed by atoms with Gasteiger partial charge in [0, 0.05) is 24.7 Å². The lowest BCUT2D eigenvalue weighted by Gasteiger charge is -2.44. The molecule has 1 N–H and O–H groups in total. The van der Waals surface area contributed by atoms with E-state index in [0.29, 0.717) is 30.3 Å². The van der Waals surface area contributed by atoms with Gasteiger partial charge >= 0.3 is 0 Å². The van der Waals surface area contributed by atoms with Crippen LogP contribution in [0.1, 0.15) is 82.0 Å². The number of furan rings is 1. The third-order valence-corrected chi connectivity index (χ3v) is 6.85. The number of hydrogen-bond donors (Lipinski definition) is 1. The van der Waals surface area contributed by atoms with E-state index in [4.69, 9.17) is 4.42 Å². The summed E-state index contributed by atoms with van der Waals surface area (Å²) >= 11 is 0. The third kappa shape index (κ3) is 3.77. The van der Waals surface area contributed by atoms with Crippen LogP contribution in [0, 0.1) is 12.8 Å². The number of fused-ring (bicyclic) bond motifs is 3. The van der Waals surface area contributed by atoms with Crippen LogP contribution in [0.25, 0.3) is 11.1 Å². The highest BCUT2D eigenvalue weighted by Gasteiger charge is 2.48. The summed E-state index contributed by atoms with van der Waals surface area (Å²) in [5.74, 6) is 1.16. The fraction of sp³-hybridized carbons (Fsp3) is 0.667. The summed E-state index contributed by atoms with van der Waals surface area (Å²) in [6.45, 7) is 9.17. The van der Waals surface area contributed by atoms with Gasteiger partial charge in [-0.1, -0.05) is 39.5 Å². The molecule has 1 aliphatic carbocycles. The predicted molar refractivity (Wildman–Crippen MR) is 117 cm³/mol. The van der Waals surface area contributed by atoms with Crippen molar-refractivity contribution in [3.8, 4) is 0 Å². The van der Waals surface area contributed by atoms with Crippen LogP contribution in [-0.2, 0) is 11.3 Å². The van der Waals surface area contributed by atoms with Crippen LogP contribution in [0.2, 0.25) is 0 Å². The van der Waals surface area contributed by atoms with Gasteiger partial charge in [0.05, 0.1) is 12.1 Å². The SMILES string of the molecule is Cc1cc2c(cc3n2C[C@](C)(C(=O)NC2CCCCCC2)N(CCC(C)C)C3=O)o1. The number of nitrogens with one attached hydrogen (secondary N) is 1. The number of aryl methyl sites for hydroxylation is 1. The molecule has 2 aromatic rings. The maximum Gasteiger partial charge on any atom is 0.271 e. The van der Waals surface area contributed by atoms with Crippen LogP contribution >= 0.6 is 0 Å². The highest BCUT2D eigenvalue weighted by atomic mass is 16.3. The maximum atomic E-state index is 13.6. The van der Waals surface area contributed by atoms with Crippen molar-refractivity contribution >= 4 is 22.9 Å². The first-order valence-corrected chi connectivity index (χ1v) is 11.5. The van der Waals surface area contributed by atoms with Gasteiger partial charge in [-0.2, -0.15) is 0 Å². The fourth-order valence-electron chi connectivity index (χ4n) is 4.96. The Morgan fingerprint density at radius 3 is 2.60 bits per heavy atom. The van der Waals surface area contributed by atoms with Gasteiger partial charge in [0.25, 0.3) is 5.91 Å². The maximum absolute atomic E-state index is 13.6. The van der Waals surface area contributed by atoms with Gasteiger partial charge < -0.3 is 19.2 Å². The zero-order valence-electron chi connectivity index (χ0n) is 18.8. The molecule has 2 aliphatic rings. The lowest BCUT2D eigenvalue weighted by atomic mass is 9.92. The Hall–Kier alpha value is -2.24. The molecule has 30 heavy (non-hydrogen) atoms. The molecule has 1 fully saturated rings. The Balaban J connectivity index is 1.67. The summed E-state index contributed by atoms with van der Waals surface area (Å²) < 4.78 is 7.75. The van der Waals surface area contributed by atoms with Gasteiger partial charge in [-0.25, -0.2) is 0 Å². The van der Waals surface area contributed by atoms with E-state index in [-0.39, 0.29) is 17.9 Å². The molecule has 6 nitrogen and oxygen atoms in total. The first-order valence-electron chi connectivity index (χ1n) is 11.5. The minimum atomic E-state index is -0.914. The number of carbonyl (C=O) groups is 2. The van der Waals surface area contributed by atoms with Crippen molar-refractivity contribution in [2.24, 2.45) is 5.92 Å². The minimum absolute atomic E-state index is 0.0285. The summed E-state index contributed by atoms with van der Waals surface area (Å²) in [6, 6.07) is 4.00. The molecular formula is C24H35N3O3. The van der Waals surface area contributed by atoms with Crippen LogP contribution in [-0.4, -0.2) is 39.4 Å². The molecule has 1 atom stereocenters. The lowest BCUT2D eigenvalue weighted by Crippen LogP contribution is -2.65. The zero-order valence-corrected chi connectivity index (χ0v) is 18.8. The van der Waals surface area contributed by atoms with Gasteiger partial charge in [-0.3, -0.25) is 9.59 Å². The van der Waals surface area contributed by atoms with Gasteiger partial charge in [-0.05, 0) is 39.0 Å². The summed E-state index contributed by atoms with van der Waals surface area (Å²) in [7, 11) is 0. The standard InChI is InChI=1S/C24H35N3O3/c1-16(2)11-12-27-22(28)20-14-21-19(13-17(3)30-21)26(20)15-24(27,4)23(29)25-18-9-7-5-6-8-10-18/h13-14,16,18H,5-12,15H2,1-4H3,(H,25,29)/t24-/m1/s1. The van der Waals surface area contributed by atoms with E-state index in [9.17, 15) is 9.59 Å². The lowest BCUT2D eigenvalue weighted by molar-refractivity contribution is -0.133. The minimum Gasteiger partial charge on any atom is -0.460 e. The molecule has 2 aromatic heterocycles. The molecule has 0 saturated heterocycles. The van der Waals surface area contributed by atoms with Crippen LogP contribution < -0.4 is 5.32 Å². The van der Waals surface area contributed by atoms with Crippen LogP contribution in [0.3, 0.4) is 0 Å². The number of hydrogen-bond acceptors (Lipinski definition) is 3. The summed E-state index contributed by atoms with van der Waals surface area (Å²) in [5.41, 5.74) is 1.32. The molecule has 2 amide bonds. The molecular weight excluding hydrogens is 378 g/mol. The zero-order chi connectivity index (χ0) is 21.5. The third-order valence-electron chi connectivity index (χ3n) is 6.85. The molecule has 0 unspecified atom stereocenters. The van der Waals surface area contributed by atoms with Crippen molar-refractivity contribution in [1.82, 2.24) is 14.8 Å². The highest BCUT2D eigenvalue weighted by Crippen LogP contribution is 2.34. The second-order valence-corrected chi connectivity index (χ2v) is 9.80. The Bertz CT molecular complexity index is 933. The van der Waals surface area contributed by atoms with Crippen molar-refractivity contribution < 1.29 is 14.0 Å². The number of carbonyl (C=O) groups excluding carboxylic acids is 2. The molecule has 6 heteroatoms. The number of aromatic nitrogens is 1. The van der Waals surface area contributed by atoms with E-state index in [2.05, 4.69) is 19.2 Å². The van der Waals surface area contributed by atoms with E-state index >= 15 is 0 Å². The van der Waals surface area contributed by atoms with E-state index in [1.807, 2.05) is 30.5 Å². The van der Waals surface area contributed by atoms with Crippen LogP contribution in [0.4, 0.5) is 0 Å². The number of rotatable bonds is 5. The summed E-state index contributed by atoms with van der Waals surface area (Å²) in [4.78, 5) is 29.0. The van der Waals surface area contributed by atoms with Gasteiger partial charge in [-0.15, -0.1) is 0 Å². The Kier molecular flexibility index (Phi) is 5.69. The number of amides is 2. The quantitative estimate of drug-likeness (QED) is 0.726. The largest absolute Gasteiger partial charge is 0.460 e. The predicted octanol–water partition coefficient (Wildman–Crippen LogP) is 4.64. The van der Waals surface area contributed by atoms with E-state index < -0.39 is 5.54 Å². The molecule has 0 aromatic carbocycles. The van der Waals surface area contributed by atoms with Crippen molar-refractivity contribution in [3.63, 3.8) is 0 Å². The molecule has 1 saturated carbocycles. The highest BCUT2D eigenvalue weighted by molar-refractivity contribution is 6.03. The Labute approximate surface area is 179 Å². The average molecular weight is 414 g/mol. The topological polar surface area (TPSA) is 67.5 Å². The average Bonchev–Trinajstić information content (AvgIpc) is 3.07. The van der Waals surface area contributed by atoms with Gasteiger partial charge in [0.2, 0.25) is 5.91 Å². The number of nitrogens with zero attached hydrogens (tertiary/aromatic N) is 2. The molecule has 0 spiro atoms. The van der Waals surface area contributed by atoms with Crippen molar-refractivity contribution in [2.45, 2.75) is 90.8 Å². The smallest absolute Gasteiger partial charge is 0.271 e. The first kappa shape index (κ1) is 21.0. The van der Waals surface area contributed by atoms with Crippen LogP contribution in [0.15, 0.2) is 16.5 Å². The normalized spacial score (nSPS) is 23.1. The summed E-state index contributed by atoms with van der Waals surface area (Å²) in [5, 5.41) is 3.31. The molecule has 0 radical (unpaired) electrons. The molecule has 3 heterocycles.